The van der Waals surface area contributed by atoms with E-state index in [1.54, 1.807) is 0 Å². The van der Waals surface area contributed by atoms with E-state index < -0.39 is 0 Å². The Morgan fingerprint density at radius 2 is 1.87 bits per heavy atom. The van der Waals surface area contributed by atoms with Crippen LogP contribution >= 0.6 is 0 Å². The SMILES string of the molecule is CCNC(=NCC1CCOC1c1ccccc1)NC1CC(C)(C)Oc2ccccc21. The summed E-state index contributed by atoms with van der Waals surface area (Å²) in [5.41, 5.74) is 2.21. The molecule has 5 heteroatoms. The Kier molecular flexibility index (Phi) is 6.28. The van der Waals surface area contributed by atoms with E-state index in [-0.39, 0.29) is 17.7 Å². The van der Waals surface area contributed by atoms with E-state index >= 15 is 0 Å². The quantitative estimate of drug-likeness (QED) is 0.561. The molecule has 2 aromatic rings. The highest BCUT2D eigenvalue weighted by molar-refractivity contribution is 5.80. The van der Waals surface area contributed by atoms with Gasteiger partial charge < -0.3 is 20.1 Å². The lowest BCUT2D eigenvalue weighted by Gasteiger charge is -2.38. The number of para-hydroxylation sites is 1. The van der Waals surface area contributed by atoms with Gasteiger partial charge in [-0.3, -0.25) is 4.99 Å². The predicted octanol–water partition coefficient (Wildman–Crippen LogP) is 4.62. The Labute approximate surface area is 179 Å². The fourth-order valence-corrected chi connectivity index (χ4v) is 4.46. The molecule has 3 atom stereocenters. The van der Waals surface area contributed by atoms with Crippen LogP contribution in [0.25, 0.3) is 0 Å². The molecule has 1 saturated heterocycles. The summed E-state index contributed by atoms with van der Waals surface area (Å²) in [5.74, 6) is 2.20. The molecule has 5 nitrogen and oxygen atoms in total. The van der Waals surface area contributed by atoms with Gasteiger partial charge in [0.25, 0.3) is 0 Å². The Morgan fingerprint density at radius 3 is 2.67 bits per heavy atom. The van der Waals surface area contributed by atoms with Crippen LogP contribution in [0.2, 0.25) is 0 Å². The third kappa shape index (κ3) is 4.78. The smallest absolute Gasteiger partial charge is 0.191 e. The summed E-state index contributed by atoms with van der Waals surface area (Å²) in [6.07, 6.45) is 2.05. The normalized spacial score (nSPS) is 25.3. The van der Waals surface area contributed by atoms with Gasteiger partial charge in [0.05, 0.1) is 12.1 Å². The Morgan fingerprint density at radius 1 is 1.10 bits per heavy atom. The Balaban J connectivity index is 1.49. The van der Waals surface area contributed by atoms with Gasteiger partial charge >= 0.3 is 0 Å². The summed E-state index contributed by atoms with van der Waals surface area (Å²) in [6.45, 7) is 8.74. The maximum absolute atomic E-state index is 6.18. The van der Waals surface area contributed by atoms with Crippen molar-refractivity contribution < 1.29 is 9.47 Å². The van der Waals surface area contributed by atoms with Gasteiger partial charge in [-0.05, 0) is 38.8 Å². The van der Waals surface area contributed by atoms with Crippen molar-refractivity contribution in [3.8, 4) is 5.75 Å². The van der Waals surface area contributed by atoms with Crippen molar-refractivity contribution in [2.45, 2.75) is 51.4 Å². The molecule has 0 aromatic heterocycles. The van der Waals surface area contributed by atoms with Crippen LogP contribution in [0.4, 0.5) is 0 Å². The zero-order valence-corrected chi connectivity index (χ0v) is 18.2. The molecule has 0 aliphatic carbocycles. The van der Waals surface area contributed by atoms with Gasteiger partial charge in [0.2, 0.25) is 0 Å². The largest absolute Gasteiger partial charge is 0.487 e. The average molecular weight is 408 g/mol. The number of fused-ring (bicyclic) bond motifs is 1. The van der Waals surface area contributed by atoms with Gasteiger partial charge in [-0.25, -0.2) is 0 Å². The highest BCUT2D eigenvalue weighted by Crippen LogP contribution is 2.39. The molecule has 2 N–H and O–H groups in total. The average Bonchev–Trinajstić information content (AvgIpc) is 3.20. The van der Waals surface area contributed by atoms with Crippen LogP contribution < -0.4 is 15.4 Å². The van der Waals surface area contributed by atoms with E-state index in [1.807, 2.05) is 12.1 Å². The second-order valence-corrected chi connectivity index (χ2v) is 8.77. The topological polar surface area (TPSA) is 54.9 Å². The number of hydrogen-bond donors (Lipinski definition) is 2. The summed E-state index contributed by atoms with van der Waals surface area (Å²) in [5, 5.41) is 7.09. The Bertz CT molecular complexity index is 866. The first kappa shape index (κ1) is 20.7. The van der Waals surface area contributed by atoms with Crippen molar-refractivity contribution in [1.82, 2.24) is 10.6 Å². The molecule has 0 amide bonds. The second-order valence-electron chi connectivity index (χ2n) is 8.77. The molecule has 0 saturated carbocycles. The number of guanidine groups is 1. The lowest BCUT2D eigenvalue weighted by Crippen LogP contribution is -2.45. The fourth-order valence-electron chi connectivity index (χ4n) is 4.46. The van der Waals surface area contributed by atoms with Crippen LogP contribution in [-0.4, -0.2) is 31.3 Å². The van der Waals surface area contributed by atoms with Crippen LogP contribution in [-0.2, 0) is 4.74 Å². The van der Waals surface area contributed by atoms with E-state index in [0.717, 1.165) is 44.2 Å². The number of nitrogens with zero attached hydrogens (tertiary/aromatic N) is 1. The van der Waals surface area contributed by atoms with Crippen LogP contribution in [0.1, 0.15) is 56.9 Å². The first-order valence-corrected chi connectivity index (χ1v) is 11.0. The van der Waals surface area contributed by atoms with Crippen molar-refractivity contribution >= 4 is 5.96 Å². The minimum Gasteiger partial charge on any atom is -0.487 e. The summed E-state index contributed by atoms with van der Waals surface area (Å²) in [4.78, 5) is 4.96. The van der Waals surface area contributed by atoms with E-state index in [0.29, 0.717) is 5.92 Å². The number of nitrogens with one attached hydrogen (secondary N) is 2. The van der Waals surface area contributed by atoms with Crippen molar-refractivity contribution in [2.24, 2.45) is 10.9 Å². The molecular formula is C25H33N3O2. The first-order valence-electron chi connectivity index (χ1n) is 11.0. The number of rotatable bonds is 5. The molecule has 160 valence electrons. The molecule has 0 spiro atoms. The number of hydrogen-bond acceptors (Lipinski definition) is 3. The monoisotopic (exact) mass is 407 g/mol. The maximum Gasteiger partial charge on any atom is 0.191 e. The molecular weight excluding hydrogens is 374 g/mol. The van der Waals surface area contributed by atoms with Crippen molar-refractivity contribution in [2.75, 3.05) is 19.7 Å². The number of benzene rings is 2. The lowest BCUT2D eigenvalue weighted by molar-refractivity contribution is 0.0694. The van der Waals surface area contributed by atoms with Gasteiger partial charge in [-0.15, -0.1) is 0 Å². The van der Waals surface area contributed by atoms with Crippen LogP contribution in [0, 0.1) is 5.92 Å². The zero-order valence-electron chi connectivity index (χ0n) is 18.2. The summed E-state index contributed by atoms with van der Waals surface area (Å²) >= 11 is 0. The minimum atomic E-state index is -0.221. The molecule has 30 heavy (non-hydrogen) atoms. The second kappa shape index (κ2) is 9.09. The van der Waals surface area contributed by atoms with Crippen molar-refractivity contribution in [1.29, 1.82) is 0 Å². The molecule has 4 rings (SSSR count). The van der Waals surface area contributed by atoms with Crippen LogP contribution in [0.5, 0.6) is 5.75 Å². The molecule has 3 unspecified atom stereocenters. The third-order valence-corrected chi connectivity index (χ3v) is 5.86. The molecule has 2 heterocycles. The molecule has 0 bridgehead atoms. The van der Waals surface area contributed by atoms with E-state index in [9.17, 15) is 0 Å². The highest BCUT2D eigenvalue weighted by atomic mass is 16.5. The summed E-state index contributed by atoms with van der Waals surface area (Å²) in [7, 11) is 0. The van der Waals surface area contributed by atoms with Gasteiger partial charge in [0, 0.05) is 37.6 Å². The van der Waals surface area contributed by atoms with E-state index in [4.69, 9.17) is 14.5 Å². The minimum absolute atomic E-state index is 0.126. The third-order valence-electron chi connectivity index (χ3n) is 5.86. The highest BCUT2D eigenvalue weighted by Gasteiger charge is 2.34. The summed E-state index contributed by atoms with van der Waals surface area (Å²) < 4.78 is 12.2. The van der Waals surface area contributed by atoms with Crippen molar-refractivity contribution in [3.05, 3.63) is 65.7 Å². The summed E-state index contributed by atoms with van der Waals surface area (Å²) in [6, 6.07) is 18.9. The van der Waals surface area contributed by atoms with Crippen LogP contribution in [0.15, 0.2) is 59.6 Å². The van der Waals surface area contributed by atoms with E-state index in [2.05, 4.69) is 73.9 Å². The van der Waals surface area contributed by atoms with Gasteiger partial charge in [-0.1, -0.05) is 48.5 Å². The fraction of sp³-hybridized carbons (Fsp3) is 0.480. The molecule has 1 fully saturated rings. The molecule has 2 aromatic carbocycles. The Hall–Kier alpha value is -2.53. The lowest BCUT2D eigenvalue weighted by atomic mass is 9.90. The van der Waals surface area contributed by atoms with Crippen LogP contribution in [0.3, 0.4) is 0 Å². The number of ether oxygens (including phenoxy) is 2. The van der Waals surface area contributed by atoms with E-state index in [1.165, 1.54) is 11.1 Å². The van der Waals surface area contributed by atoms with Gasteiger partial charge in [0.1, 0.15) is 11.4 Å². The molecule has 2 aliphatic rings. The molecule has 0 radical (unpaired) electrons. The standard InChI is InChI=1S/C25H33N3O2/c1-4-26-24(27-17-19-14-15-29-23(19)18-10-6-5-7-11-18)28-21-16-25(2,3)30-22-13-9-8-12-20(21)22/h5-13,19,21,23H,4,14-17H2,1-3H3,(H2,26,27,28). The van der Waals surface area contributed by atoms with Crippen molar-refractivity contribution in [3.63, 3.8) is 0 Å². The first-order chi connectivity index (χ1) is 14.6. The predicted molar refractivity (Wildman–Crippen MR) is 121 cm³/mol. The number of aliphatic imine (C=N–C) groups is 1. The zero-order chi connectivity index (χ0) is 21.0. The maximum atomic E-state index is 6.18. The van der Waals surface area contributed by atoms with Gasteiger partial charge in [0.15, 0.2) is 5.96 Å². The molecule has 2 aliphatic heterocycles. The van der Waals surface area contributed by atoms with Gasteiger partial charge in [-0.2, -0.15) is 0 Å².